The van der Waals surface area contributed by atoms with Crippen molar-refractivity contribution in [2.45, 2.75) is 49.8 Å². The molecule has 0 amide bonds. The van der Waals surface area contributed by atoms with Gasteiger partial charge in [-0.1, -0.05) is 109 Å². The molecule has 3 atom stereocenters. The second kappa shape index (κ2) is 8.13. The highest BCUT2D eigenvalue weighted by atomic mass is 79.9. The summed E-state index contributed by atoms with van der Waals surface area (Å²) in [7, 11) is 0. The maximum atomic E-state index is 4.20. The van der Waals surface area contributed by atoms with Crippen LogP contribution in [0, 0.1) is 11.8 Å². The van der Waals surface area contributed by atoms with E-state index in [2.05, 4.69) is 115 Å². The molecule has 0 aliphatic heterocycles. The van der Waals surface area contributed by atoms with E-state index in [0.29, 0.717) is 11.8 Å². The van der Waals surface area contributed by atoms with Crippen LogP contribution in [0.3, 0.4) is 0 Å². The SMILES string of the molecule is CC1CC(C)C(Br)(c2ccc3cccc(CCC4c5ccccc5-c5ccccc54)c3c2)C1. The maximum absolute atomic E-state index is 4.20. The molecule has 2 aliphatic rings. The lowest BCUT2D eigenvalue weighted by atomic mass is 9.86. The minimum absolute atomic E-state index is 0.108. The maximum Gasteiger partial charge on any atom is 0.0534 e. The van der Waals surface area contributed by atoms with Crippen molar-refractivity contribution in [1.82, 2.24) is 0 Å². The second-order valence-corrected chi connectivity index (χ2v) is 11.8. The number of fused-ring (bicyclic) bond motifs is 4. The van der Waals surface area contributed by atoms with Crippen LogP contribution in [0.5, 0.6) is 0 Å². The Kier molecular flexibility index (Phi) is 5.22. The van der Waals surface area contributed by atoms with Crippen molar-refractivity contribution < 1.29 is 0 Å². The number of rotatable bonds is 4. The van der Waals surface area contributed by atoms with Crippen LogP contribution in [0.15, 0.2) is 84.9 Å². The van der Waals surface area contributed by atoms with Gasteiger partial charge in [0.2, 0.25) is 0 Å². The lowest BCUT2D eigenvalue weighted by Crippen LogP contribution is -2.21. The molecule has 1 fully saturated rings. The van der Waals surface area contributed by atoms with Crippen LogP contribution >= 0.6 is 15.9 Å². The lowest BCUT2D eigenvalue weighted by Gasteiger charge is -2.28. The van der Waals surface area contributed by atoms with Crippen LogP contribution in [0.2, 0.25) is 0 Å². The summed E-state index contributed by atoms with van der Waals surface area (Å²) in [6.07, 6.45) is 4.75. The van der Waals surface area contributed by atoms with E-state index in [1.54, 1.807) is 0 Å². The predicted molar refractivity (Wildman–Crippen MR) is 144 cm³/mol. The zero-order valence-electron chi connectivity index (χ0n) is 19.5. The molecule has 0 heterocycles. The van der Waals surface area contributed by atoms with E-state index in [-0.39, 0.29) is 4.32 Å². The third-order valence-corrected chi connectivity index (χ3v) is 9.86. The van der Waals surface area contributed by atoms with E-state index < -0.39 is 0 Å². The normalized spacial score (nSPS) is 24.2. The average Bonchev–Trinajstić information content (AvgIpc) is 3.30. The first-order valence-electron chi connectivity index (χ1n) is 12.4. The highest BCUT2D eigenvalue weighted by molar-refractivity contribution is 9.09. The van der Waals surface area contributed by atoms with Gasteiger partial charge in [-0.25, -0.2) is 0 Å². The first-order chi connectivity index (χ1) is 16.0. The molecular weight excluding hydrogens is 464 g/mol. The third-order valence-electron chi connectivity index (χ3n) is 8.30. The van der Waals surface area contributed by atoms with Crippen molar-refractivity contribution in [3.8, 4) is 11.1 Å². The summed E-state index contributed by atoms with van der Waals surface area (Å²) in [5.74, 6) is 1.91. The first-order valence-corrected chi connectivity index (χ1v) is 13.2. The minimum atomic E-state index is 0.108. The molecular formula is C32H31Br. The summed E-state index contributed by atoms with van der Waals surface area (Å²) in [6, 6.07) is 32.0. The standard InChI is InChI=1S/C32H31Br/c1-21-18-22(2)32(33,20-21)25-16-14-23-8-7-9-24(31(23)19-25)15-17-30-28-12-5-3-10-26(28)27-11-4-6-13-29(27)30/h3-14,16,19,21-22,30H,15,17-18,20H2,1-2H3. The van der Waals surface area contributed by atoms with Crippen LogP contribution in [0.4, 0.5) is 0 Å². The largest absolute Gasteiger partial charge is 0.0798 e. The van der Waals surface area contributed by atoms with Gasteiger partial charge < -0.3 is 0 Å². The van der Waals surface area contributed by atoms with Crippen LogP contribution in [0.1, 0.15) is 61.3 Å². The summed E-state index contributed by atoms with van der Waals surface area (Å²) < 4.78 is 0.108. The molecule has 33 heavy (non-hydrogen) atoms. The molecule has 0 bridgehead atoms. The van der Waals surface area contributed by atoms with E-state index in [4.69, 9.17) is 0 Å². The fourth-order valence-electron chi connectivity index (χ4n) is 6.67. The first kappa shape index (κ1) is 21.2. The molecule has 4 aromatic rings. The third kappa shape index (κ3) is 3.48. The van der Waals surface area contributed by atoms with Crippen molar-refractivity contribution in [2.24, 2.45) is 11.8 Å². The average molecular weight is 496 g/mol. The number of alkyl halides is 1. The Bertz CT molecular complexity index is 1290. The molecule has 0 spiro atoms. The van der Waals surface area contributed by atoms with Crippen molar-refractivity contribution in [3.63, 3.8) is 0 Å². The molecule has 0 N–H and O–H groups in total. The zero-order valence-corrected chi connectivity index (χ0v) is 21.1. The van der Waals surface area contributed by atoms with E-state index in [9.17, 15) is 0 Å². The predicted octanol–water partition coefficient (Wildman–Crippen LogP) is 9.24. The van der Waals surface area contributed by atoms with Gasteiger partial charge in [-0.3, -0.25) is 0 Å². The van der Waals surface area contributed by atoms with Gasteiger partial charge in [0.1, 0.15) is 0 Å². The lowest BCUT2D eigenvalue weighted by molar-refractivity contribution is 0.496. The van der Waals surface area contributed by atoms with E-state index >= 15 is 0 Å². The molecule has 0 radical (unpaired) electrons. The fourth-order valence-corrected chi connectivity index (χ4v) is 7.66. The molecule has 166 valence electrons. The molecule has 0 saturated heterocycles. The van der Waals surface area contributed by atoms with Crippen molar-refractivity contribution in [2.75, 3.05) is 0 Å². The number of halogens is 1. The van der Waals surface area contributed by atoms with E-state index in [1.807, 2.05) is 0 Å². The summed E-state index contributed by atoms with van der Waals surface area (Å²) >= 11 is 4.20. The Hall–Kier alpha value is -2.38. The van der Waals surface area contributed by atoms with E-state index in [0.717, 1.165) is 18.8 Å². The van der Waals surface area contributed by atoms with Gasteiger partial charge in [0.15, 0.2) is 0 Å². The molecule has 1 heteroatoms. The smallest absolute Gasteiger partial charge is 0.0534 e. The Morgan fingerprint density at radius 1 is 0.818 bits per heavy atom. The van der Waals surface area contributed by atoms with Gasteiger partial charge in [0, 0.05) is 5.92 Å². The Balaban J connectivity index is 1.35. The van der Waals surface area contributed by atoms with Crippen molar-refractivity contribution in [1.29, 1.82) is 0 Å². The molecule has 0 nitrogen and oxygen atoms in total. The zero-order chi connectivity index (χ0) is 22.6. The molecule has 3 unspecified atom stereocenters. The van der Waals surface area contributed by atoms with Gasteiger partial charge in [-0.05, 0) is 87.7 Å². The molecule has 4 aromatic carbocycles. The fraction of sp³-hybridized carbons (Fsp3) is 0.312. The summed E-state index contributed by atoms with van der Waals surface area (Å²) in [6.45, 7) is 4.80. The van der Waals surface area contributed by atoms with Crippen molar-refractivity contribution in [3.05, 3.63) is 107 Å². The van der Waals surface area contributed by atoms with Crippen LogP contribution < -0.4 is 0 Å². The minimum Gasteiger partial charge on any atom is -0.0798 e. The van der Waals surface area contributed by atoms with Gasteiger partial charge in [-0.2, -0.15) is 0 Å². The van der Waals surface area contributed by atoms with Crippen LogP contribution in [-0.2, 0) is 10.7 Å². The van der Waals surface area contributed by atoms with Gasteiger partial charge >= 0.3 is 0 Å². The van der Waals surface area contributed by atoms with E-state index in [1.165, 1.54) is 57.0 Å². The molecule has 1 saturated carbocycles. The highest BCUT2D eigenvalue weighted by Crippen LogP contribution is 2.53. The molecule has 2 aliphatic carbocycles. The van der Waals surface area contributed by atoms with Gasteiger partial charge in [0.05, 0.1) is 4.32 Å². The topological polar surface area (TPSA) is 0 Å². The molecule has 0 aromatic heterocycles. The van der Waals surface area contributed by atoms with Gasteiger partial charge in [0.25, 0.3) is 0 Å². The number of hydrogen-bond donors (Lipinski definition) is 0. The summed E-state index contributed by atoms with van der Waals surface area (Å²) in [5.41, 5.74) is 8.76. The Morgan fingerprint density at radius 2 is 1.52 bits per heavy atom. The van der Waals surface area contributed by atoms with Gasteiger partial charge in [-0.15, -0.1) is 0 Å². The second-order valence-electron chi connectivity index (χ2n) is 10.4. The summed E-state index contributed by atoms with van der Waals surface area (Å²) in [5, 5.41) is 2.79. The monoisotopic (exact) mass is 494 g/mol. The van der Waals surface area contributed by atoms with Crippen LogP contribution in [-0.4, -0.2) is 0 Å². The molecule has 6 rings (SSSR count). The Labute approximate surface area is 206 Å². The summed E-state index contributed by atoms with van der Waals surface area (Å²) in [4.78, 5) is 0. The quantitative estimate of drug-likeness (QED) is 0.248. The van der Waals surface area contributed by atoms with Crippen LogP contribution in [0.25, 0.3) is 21.9 Å². The number of hydrogen-bond acceptors (Lipinski definition) is 0. The highest BCUT2D eigenvalue weighted by Gasteiger charge is 2.42. The number of aryl methyl sites for hydroxylation is 1. The Morgan fingerprint density at radius 3 is 2.18 bits per heavy atom. The van der Waals surface area contributed by atoms with Crippen molar-refractivity contribution >= 4 is 26.7 Å². The number of benzene rings is 4.